The van der Waals surface area contributed by atoms with Crippen molar-refractivity contribution in [2.75, 3.05) is 11.9 Å². The van der Waals surface area contributed by atoms with Crippen LogP contribution in [0.3, 0.4) is 0 Å². The van der Waals surface area contributed by atoms with Crippen LogP contribution in [0.15, 0.2) is 47.9 Å². The Morgan fingerprint density at radius 1 is 1.00 bits per heavy atom. The first-order valence-electron chi connectivity index (χ1n) is 9.30. The Labute approximate surface area is 156 Å². The number of allylic oxidation sites excluding steroid dienone is 1. The standard InChI is InChI=1S/C22H29NOS/c1-19(24)20-13-15-21(16-14-20)23-17-9-7-5-3-2-4-6-8-11-22-12-10-18-25-22/h8,10-16,18,23H,2-7,9,17H2,1H3/b11-8+. The quantitative estimate of drug-likeness (QED) is 0.335. The summed E-state index contributed by atoms with van der Waals surface area (Å²) in [5, 5.41) is 5.54. The Balaban J connectivity index is 1.42. The van der Waals surface area contributed by atoms with Crippen molar-refractivity contribution in [1.29, 1.82) is 0 Å². The van der Waals surface area contributed by atoms with E-state index in [9.17, 15) is 4.79 Å². The fourth-order valence-corrected chi connectivity index (χ4v) is 3.38. The largest absolute Gasteiger partial charge is 0.385 e. The summed E-state index contributed by atoms with van der Waals surface area (Å²) in [4.78, 5) is 12.6. The van der Waals surface area contributed by atoms with Crippen LogP contribution in [0, 0.1) is 0 Å². The van der Waals surface area contributed by atoms with Gasteiger partial charge in [-0.15, -0.1) is 11.3 Å². The topological polar surface area (TPSA) is 29.1 Å². The first-order chi connectivity index (χ1) is 12.3. The number of rotatable bonds is 12. The lowest BCUT2D eigenvalue weighted by Gasteiger charge is -2.07. The number of nitrogens with one attached hydrogen (secondary N) is 1. The molecule has 0 atom stereocenters. The first-order valence-corrected chi connectivity index (χ1v) is 10.2. The minimum atomic E-state index is 0.119. The fraction of sp³-hybridized carbons (Fsp3) is 0.409. The number of hydrogen-bond acceptors (Lipinski definition) is 3. The minimum Gasteiger partial charge on any atom is -0.385 e. The Morgan fingerprint density at radius 2 is 1.72 bits per heavy atom. The van der Waals surface area contributed by atoms with Gasteiger partial charge in [-0.2, -0.15) is 0 Å². The summed E-state index contributed by atoms with van der Waals surface area (Å²) < 4.78 is 0. The average Bonchev–Trinajstić information content (AvgIpc) is 3.13. The number of Topliss-reactive ketones (excluding diaryl/α,β-unsaturated/α-hetero) is 1. The van der Waals surface area contributed by atoms with Crippen LogP contribution in [0.2, 0.25) is 0 Å². The maximum absolute atomic E-state index is 11.2. The molecule has 0 bridgehead atoms. The lowest BCUT2D eigenvalue weighted by atomic mass is 10.1. The third-order valence-electron chi connectivity index (χ3n) is 4.24. The molecule has 1 heterocycles. The van der Waals surface area contributed by atoms with E-state index < -0.39 is 0 Å². The van der Waals surface area contributed by atoms with Gasteiger partial charge in [0.2, 0.25) is 0 Å². The van der Waals surface area contributed by atoms with Crippen molar-refractivity contribution in [3.05, 3.63) is 58.3 Å². The Bertz CT molecular complexity index is 629. The van der Waals surface area contributed by atoms with Crippen LogP contribution < -0.4 is 5.32 Å². The van der Waals surface area contributed by atoms with Gasteiger partial charge >= 0.3 is 0 Å². The van der Waals surface area contributed by atoms with E-state index in [-0.39, 0.29) is 5.78 Å². The van der Waals surface area contributed by atoms with Crippen LogP contribution in [0.5, 0.6) is 0 Å². The molecule has 1 N–H and O–H groups in total. The normalized spacial score (nSPS) is 11.1. The van der Waals surface area contributed by atoms with Crippen LogP contribution in [0.4, 0.5) is 5.69 Å². The second-order valence-electron chi connectivity index (χ2n) is 6.39. The zero-order chi connectivity index (χ0) is 17.7. The molecule has 0 radical (unpaired) electrons. The molecule has 0 saturated heterocycles. The van der Waals surface area contributed by atoms with E-state index in [4.69, 9.17) is 0 Å². The summed E-state index contributed by atoms with van der Waals surface area (Å²) in [6, 6.07) is 12.0. The molecule has 0 amide bonds. The van der Waals surface area contributed by atoms with E-state index >= 15 is 0 Å². The summed E-state index contributed by atoms with van der Waals surface area (Å²) in [6.45, 7) is 2.60. The summed E-state index contributed by atoms with van der Waals surface area (Å²) in [5.74, 6) is 0.119. The van der Waals surface area contributed by atoms with Crippen molar-refractivity contribution >= 4 is 28.9 Å². The first kappa shape index (κ1) is 19.5. The molecule has 2 nitrogen and oxygen atoms in total. The van der Waals surface area contributed by atoms with Gasteiger partial charge in [0.1, 0.15) is 0 Å². The molecule has 2 rings (SSSR count). The van der Waals surface area contributed by atoms with Crippen molar-refractivity contribution in [1.82, 2.24) is 0 Å². The highest BCUT2D eigenvalue weighted by Crippen LogP contribution is 2.13. The molecule has 0 spiro atoms. The second kappa shape index (κ2) is 11.6. The van der Waals surface area contributed by atoms with Gasteiger partial charge < -0.3 is 5.32 Å². The number of anilines is 1. The Morgan fingerprint density at radius 3 is 2.40 bits per heavy atom. The molecule has 0 aliphatic heterocycles. The van der Waals surface area contributed by atoms with Crippen molar-refractivity contribution < 1.29 is 4.79 Å². The molecule has 134 valence electrons. The van der Waals surface area contributed by atoms with Gasteiger partial charge in [0.05, 0.1) is 0 Å². The van der Waals surface area contributed by atoms with Gasteiger partial charge in [0.25, 0.3) is 0 Å². The van der Waals surface area contributed by atoms with Gasteiger partial charge in [-0.25, -0.2) is 0 Å². The van der Waals surface area contributed by atoms with E-state index in [0.29, 0.717) is 0 Å². The zero-order valence-electron chi connectivity index (χ0n) is 15.2. The summed E-state index contributed by atoms with van der Waals surface area (Å²) >= 11 is 1.79. The third kappa shape index (κ3) is 8.17. The molecule has 0 fully saturated rings. The van der Waals surface area contributed by atoms with Gasteiger partial charge in [-0.1, -0.05) is 37.8 Å². The molecule has 2 aromatic rings. The highest BCUT2D eigenvalue weighted by Gasteiger charge is 1.98. The molecule has 0 aliphatic carbocycles. The highest BCUT2D eigenvalue weighted by atomic mass is 32.1. The number of hydrogen-bond donors (Lipinski definition) is 1. The van der Waals surface area contributed by atoms with Crippen molar-refractivity contribution in [2.24, 2.45) is 0 Å². The van der Waals surface area contributed by atoms with E-state index in [1.807, 2.05) is 24.3 Å². The number of ketones is 1. The number of unbranched alkanes of at least 4 members (excludes halogenated alkanes) is 6. The van der Waals surface area contributed by atoms with Gasteiger partial charge in [0.15, 0.2) is 5.78 Å². The van der Waals surface area contributed by atoms with Crippen LogP contribution in [0.1, 0.15) is 67.1 Å². The molecular weight excluding hydrogens is 326 g/mol. The Hall–Kier alpha value is -1.87. The third-order valence-corrected chi connectivity index (χ3v) is 5.08. The summed E-state index contributed by atoms with van der Waals surface area (Å²) in [5.41, 5.74) is 1.87. The Kier molecular flexibility index (Phi) is 9.06. The lowest BCUT2D eigenvalue weighted by Crippen LogP contribution is -2.01. The highest BCUT2D eigenvalue weighted by molar-refractivity contribution is 7.10. The number of benzene rings is 1. The minimum absolute atomic E-state index is 0.119. The smallest absolute Gasteiger partial charge is 0.159 e. The van der Waals surface area contributed by atoms with Crippen LogP contribution >= 0.6 is 11.3 Å². The van der Waals surface area contributed by atoms with E-state index in [2.05, 4.69) is 35.0 Å². The maximum Gasteiger partial charge on any atom is 0.159 e. The van der Waals surface area contributed by atoms with Crippen LogP contribution in [0.25, 0.3) is 6.08 Å². The predicted molar refractivity (Wildman–Crippen MR) is 111 cm³/mol. The van der Waals surface area contributed by atoms with Gasteiger partial charge in [-0.05, 0) is 68.0 Å². The van der Waals surface area contributed by atoms with Crippen LogP contribution in [-0.2, 0) is 0 Å². The van der Waals surface area contributed by atoms with Crippen LogP contribution in [-0.4, -0.2) is 12.3 Å². The number of thiophene rings is 1. The zero-order valence-corrected chi connectivity index (χ0v) is 16.0. The molecule has 3 heteroatoms. The maximum atomic E-state index is 11.2. The van der Waals surface area contributed by atoms with E-state index in [1.54, 1.807) is 18.3 Å². The van der Waals surface area contributed by atoms with Gasteiger partial charge in [0, 0.05) is 22.7 Å². The van der Waals surface area contributed by atoms with E-state index in [0.717, 1.165) is 17.8 Å². The lowest BCUT2D eigenvalue weighted by molar-refractivity contribution is 0.101. The van der Waals surface area contributed by atoms with Gasteiger partial charge in [-0.3, -0.25) is 4.79 Å². The van der Waals surface area contributed by atoms with Crippen molar-refractivity contribution in [2.45, 2.75) is 51.9 Å². The predicted octanol–water partition coefficient (Wildman–Crippen LogP) is 6.81. The number of carbonyl (C=O) groups is 1. The average molecular weight is 356 g/mol. The summed E-state index contributed by atoms with van der Waals surface area (Å²) in [6.07, 6.45) is 13.5. The molecule has 25 heavy (non-hydrogen) atoms. The molecule has 0 saturated carbocycles. The van der Waals surface area contributed by atoms with E-state index in [1.165, 1.54) is 49.8 Å². The molecule has 0 aliphatic rings. The summed E-state index contributed by atoms with van der Waals surface area (Å²) in [7, 11) is 0. The monoisotopic (exact) mass is 355 g/mol. The molecule has 1 aromatic heterocycles. The fourth-order valence-electron chi connectivity index (χ4n) is 2.74. The second-order valence-corrected chi connectivity index (χ2v) is 7.37. The SMILES string of the molecule is CC(=O)c1ccc(NCCCCCCCC/C=C/c2cccs2)cc1. The molecule has 0 unspecified atom stereocenters. The molecular formula is C22H29NOS. The van der Waals surface area contributed by atoms with Crippen molar-refractivity contribution in [3.8, 4) is 0 Å². The number of carbonyl (C=O) groups excluding carboxylic acids is 1. The molecule has 1 aromatic carbocycles. The van der Waals surface area contributed by atoms with Crippen molar-refractivity contribution in [3.63, 3.8) is 0 Å².